The molecule has 0 aromatic heterocycles. The topological polar surface area (TPSA) is 12.5 Å². The quantitative estimate of drug-likeness (QED) is 0.0740. The molecule has 0 aliphatic heterocycles. The highest BCUT2D eigenvalue weighted by molar-refractivity contribution is 4.92. The number of nitrogens with zero attached hydrogens (tertiary/aromatic N) is 1. The van der Waals surface area contributed by atoms with Crippen molar-refractivity contribution in [3.05, 3.63) is 24.3 Å². The molecule has 0 saturated carbocycles. The van der Waals surface area contributed by atoms with Gasteiger partial charge in [-0.25, -0.2) is 0 Å². The molecule has 0 rings (SSSR count). The molecular weight excluding hydrogens is 438 g/mol. The Balaban J connectivity index is 3.46. The Labute approximate surface area is 228 Å². The van der Waals surface area contributed by atoms with Gasteiger partial charge in [-0.05, 0) is 59.0 Å². The highest BCUT2D eigenvalue weighted by Crippen LogP contribution is 2.14. The molecule has 0 bridgehead atoms. The fourth-order valence-corrected chi connectivity index (χ4v) is 4.77. The van der Waals surface area contributed by atoms with E-state index >= 15 is 0 Å². The predicted octanol–water partition coefficient (Wildman–Crippen LogP) is 11.1. The number of hydrogen-bond acceptors (Lipinski definition) is 2. The van der Waals surface area contributed by atoms with Crippen LogP contribution in [-0.2, 0) is 4.74 Å². The molecule has 0 aliphatic rings. The van der Waals surface area contributed by atoms with Crippen molar-refractivity contribution in [2.75, 3.05) is 27.3 Å². The standard InChI is InChI=1S/C34H67NO/c1-5-7-9-11-13-15-16-17-18-19-20-21-22-23-25-27-29-31-34(35(3)4)33-36-32-30-28-26-24-14-12-10-8-6-2/h13,15,17-18,34H,5-12,14,16,19-33H2,1-4H3/b15-13+,18-17+. The van der Waals surface area contributed by atoms with Crippen molar-refractivity contribution < 1.29 is 4.74 Å². The van der Waals surface area contributed by atoms with E-state index in [-0.39, 0.29) is 0 Å². The van der Waals surface area contributed by atoms with Crippen LogP contribution in [0.1, 0.15) is 162 Å². The summed E-state index contributed by atoms with van der Waals surface area (Å²) < 4.78 is 6.05. The fraction of sp³-hybridized carbons (Fsp3) is 0.882. The average molecular weight is 506 g/mol. The van der Waals surface area contributed by atoms with Crippen LogP contribution < -0.4 is 0 Å². The van der Waals surface area contributed by atoms with Gasteiger partial charge in [0.1, 0.15) is 0 Å². The van der Waals surface area contributed by atoms with E-state index in [1.165, 1.54) is 141 Å². The highest BCUT2D eigenvalue weighted by atomic mass is 16.5. The first kappa shape index (κ1) is 35.4. The number of allylic oxidation sites excluding steroid dienone is 4. The minimum Gasteiger partial charge on any atom is -0.380 e. The van der Waals surface area contributed by atoms with Crippen molar-refractivity contribution in [1.82, 2.24) is 4.90 Å². The third-order valence-electron chi connectivity index (χ3n) is 7.42. The van der Waals surface area contributed by atoms with Gasteiger partial charge in [0, 0.05) is 12.6 Å². The van der Waals surface area contributed by atoms with Gasteiger partial charge in [0.2, 0.25) is 0 Å². The highest BCUT2D eigenvalue weighted by Gasteiger charge is 2.11. The average Bonchev–Trinajstić information content (AvgIpc) is 2.87. The van der Waals surface area contributed by atoms with Crippen molar-refractivity contribution in [2.45, 2.75) is 168 Å². The first-order valence-corrected chi connectivity index (χ1v) is 16.3. The minimum atomic E-state index is 0.585. The number of hydrogen-bond donors (Lipinski definition) is 0. The van der Waals surface area contributed by atoms with Crippen LogP contribution in [0.2, 0.25) is 0 Å². The fourth-order valence-electron chi connectivity index (χ4n) is 4.77. The third kappa shape index (κ3) is 28.0. The summed E-state index contributed by atoms with van der Waals surface area (Å²) in [6.07, 6.45) is 40.5. The van der Waals surface area contributed by atoms with Crippen LogP contribution in [-0.4, -0.2) is 38.3 Å². The molecule has 0 spiro atoms. The smallest absolute Gasteiger partial charge is 0.0621 e. The second-order valence-electron chi connectivity index (χ2n) is 11.2. The summed E-state index contributed by atoms with van der Waals surface area (Å²) in [5.41, 5.74) is 0. The zero-order valence-electron chi connectivity index (χ0n) is 25.4. The molecule has 0 amide bonds. The summed E-state index contributed by atoms with van der Waals surface area (Å²) in [6.45, 7) is 6.42. The zero-order chi connectivity index (χ0) is 26.4. The van der Waals surface area contributed by atoms with Gasteiger partial charge in [-0.2, -0.15) is 0 Å². The van der Waals surface area contributed by atoms with Gasteiger partial charge in [0.25, 0.3) is 0 Å². The number of rotatable bonds is 29. The maximum atomic E-state index is 6.05. The molecule has 0 N–H and O–H groups in total. The lowest BCUT2D eigenvalue weighted by Gasteiger charge is -2.24. The van der Waals surface area contributed by atoms with Crippen LogP contribution >= 0.6 is 0 Å². The van der Waals surface area contributed by atoms with E-state index in [0.717, 1.165) is 19.6 Å². The Morgan fingerprint density at radius 1 is 0.528 bits per heavy atom. The van der Waals surface area contributed by atoms with Crippen molar-refractivity contribution in [3.63, 3.8) is 0 Å². The largest absolute Gasteiger partial charge is 0.380 e. The van der Waals surface area contributed by atoms with E-state index in [2.05, 4.69) is 57.1 Å². The monoisotopic (exact) mass is 506 g/mol. The van der Waals surface area contributed by atoms with Crippen LogP contribution in [0.5, 0.6) is 0 Å². The van der Waals surface area contributed by atoms with Gasteiger partial charge in [0.15, 0.2) is 0 Å². The van der Waals surface area contributed by atoms with Crippen molar-refractivity contribution in [3.8, 4) is 0 Å². The summed E-state index contributed by atoms with van der Waals surface area (Å²) in [5, 5.41) is 0. The first-order chi connectivity index (χ1) is 17.7. The van der Waals surface area contributed by atoms with Crippen molar-refractivity contribution in [1.29, 1.82) is 0 Å². The summed E-state index contributed by atoms with van der Waals surface area (Å²) in [4.78, 5) is 2.37. The van der Waals surface area contributed by atoms with Gasteiger partial charge in [-0.3, -0.25) is 0 Å². The molecular formula is C34H67NO. The molecule has 2 heteroatoms. The molecule has 0 fully saturated rings. The summed E-state index contributed by atoms with van der Waals surface area (Å²) in [5.74, 6) is 0. The van der Waals surface area contributed by atoms with Gasteiger partial charge < -0.3 is 9.64 Å². The molecule has 2 nitrogen and oxygen atoms in total. The second-order valence-corrected chi connectivity index (χ2v) is 11.2. The third-order valence-corrected chi connectivity index (χ3v) is 7.42. The normalized spacial score (nSPS) is 13.0. The lowest BCUT2D eigenvalue weighted by molar-refractivity contribution is 0.0721. The number of likely N-dealkylation sites (N-methyl/N-ethyl adjacent to an activating group) is 1. The predicted molar refractivity (Wildman–Crippen MR) is 164 cm³/mol. The van der Waals surface area contributed by atoms with Gasteiger partial charge >= 0.3 is 0 Å². The molecule has 0 heterocycles. The molecule has 36 heavy (non-hydrogen) atoms. The molecule has 214 valence electrons. The molecule has 0 aliphatic carbocycles. The summed E-state index contributed by atoms with van der Waals surface area (Å²) in [6, 6.07) is 0.585. The first-order valence-electron chi connectivity index (χ1n) is 16.3. The van der Waals surface area contributed by atoms with E-state index in [1.54, 1.807) is 0 Å². The van der Waals surface area contributed by atoms with E-state index in [9.17, 15) is 0 Å². The van der Waals surface area contributed by atoms with Crippen LogP contribution in [0, 0.1) is 0 Å². The Bertz CT molecular complexity index is 456. The van der Waals surface area contributed by atoms with Crippen LogP contribution in [0.15, 0.2) is 24.3 Å². The van der Waals surface area contributed by atoms with Gasteiger partial charge in [-0.1, -0.05) is 141 Å². The van der Waals surface area contributed by atoms with Crippen LogP contribution in [0.4, 0.5) is 0 Å². The lowest BCUT2D eigenvalue weighted by atomic mass is 10.0. The lowest BCUT2D eigenvalue weighted by Crippen LogP contribution is -2.32. The minimum absolute atomic E-state index is 0.585. The van der Waals surface area contributed by atoms with Crippen LogP contribution in [0.3, 0.4) is 0 Å². The maximum absolute atomic E-state index is 6.05. The molecule has 0 aromatic rings. The number of unbranched alkanes of at least 4 members (excludes halogenated alkanes) is 18. The van der Waals surface area contributed by atoms with Crippen molar-refractivity contribution >= 4 is 0 Å². The SMILES string of the molecule is CCCCC/C=C/C/C=C/CCCCCCCCCC(COCCCCCCCCCCC)N(C)C. The summed E-state index contributed by atoms with van der Waals surface area (Å²) in [7, 11) is 4.43. The Hall–Kier alpha value is -0.600. The zero-order valence-corrected chi connectivity index (χ0v) is 25.4. The van der Waals surface area contributed by atoms with Crippen molar-refractivity contribution in [2.24, 2.45) is 0 Å². The Morgan fingerprint density at radius 2 is 0.972 bits per heavy atom. The van der Waals surface area contributed by atoms with E-state index in [0.29, 0.717) is 6.04 Å². The summed E-state index contributed by atoms with van der Waals surface area (Å²) >= 11 is 0. The van der Waals surface area contributed by atoms with E-state index < -0.39 is 0 Å². The van der Waals surface area contributed by atoms with Crippen LogP contribution in [0.25, 0.3) is 0 Å². The molecule has 0 radical (unpaired) electrons. The van der Waals surface area contributed by atoms with E-state index in [4.69, 9.17) is 4.74 Å². The number of ether oxygens (including phenoxy) is 1. The molecule has 1 atom stereocenters. The second kappa shape index (κ2) is 30.6. The Morgan fingerprint density at radius 3 is 1.53 bits per heavy atom. The molecule has 0 aromatic carbocycles. The molecule has 1 unspecified atom stereocenters. The Kier molecular flexibility index (Phi) is 30.1. The maximum Gasteiger partial charge on any atom is 0.0621 e. The van der Waals surface area contributed by atoms with Gasteiger partial charge in [0.05, 0.1) is 6.61 Å². The van der Waals surface area contributed by atoms with Gasteiger partial charge in [-0.15, -0.1) is 0 Å². The molecule has 0 saturated heterocycles. The van der Waals surface area contributed by atoms with E-state index in [1.807, 2.05) is 0 Å².